The zero-order valence-electron chi connectivity index (χ0n) is 35.8. The number of aryl methyl sites for hydroxylation is 3. The second-order valence-electron chi connectivity index (χ2n) is 14.7. The Balaban J connectivity index is 0.000000179. The number of carbonyl (C=O) groups is 2. The summed E-state index contributed by atoms with van der Waals surface area (Å²) in [6.45, 7) is 21.2. The van der Waals surface area contributed by atoms with Crippen LogP contribution in [0.25, 0.3) is 29.5 Å². The lowest BCUT2D eigenvalue weighted by molar-refractivity contribution is 0.00578. The van der Waals surface area contributed by atoms with E-state index in [9.17, 15) is 9.59 Å². The summed E-state index contributed by atoms with van der Waals surface area (Å²) in [4.78, 5) is 43.1. The van der Waals surface area contributed by atoms with Crippen molar-refractivity contribution in [2.45, 2.75) is 59.7 Å². The fourth-order valence-electron chi connectivity index (χ4n) is 5.43. The molecular weight excluding hydrogens is 913 g/mol. The molecule has 8 heterocycles. The minimum atomic E-state index is -0.496. The van der Waals surface area contributed by atoms with E-state index in [1.165, 1.54) is 12.4 Å². The standard InChI is InChI=1S/C16H14N4O.C8H15BO2.C8H6BrN3O.C8H9N.C6H6BrN/c1-11-3-2-4-13(19-11)7-5-12-6-8-15-18-9-14(16(17)21)20(15)10-12;1-6-9-10-7(2,3)8(4,5)11-9;9-5-1-2-7-11-3-6(8(10)13)12(7)4-5;1-3-8-6-4-5-7(2)9-8;1-5-3-2-4-6(7)8-5/h2-10H,1H3,(H2,17,21);6H,1H2,2-5H3;1-4H,(H2,10,13);3-6H,1H2,2H3;2-4H,1H3/b7-5+;;;;. The third kappa shape index (κ3) is 14.0. The predicted molar refractivity (Wildman–Crippen MR) is 255 cm³/mol. The maximum absolute atomic E-state index is 11.3. The van der Waals surface area contributed by atoms with E-state index >= 15 is 0 Å². The summed E-state index contributed by atoms with van der Waals surface area (Å²) in [5, 5.41) is 0. The van der Waals surface area contributed by atoms with Gasteiger partial charge >= 0.3 is 7.12 Å². The molecule has 320 valence electrons. The first kappa shape index (κ1) is 48.6. The number of fused-ring (bicyclic) bond motifs is 2. The molecule has 8 rings (SSSR count). The summed E-state index contributed by atoms with van der Waals surface area (Å²) in [5.74, 6) is 0.700. The van der Waals surface area contributed by atoms with Crippen molar-refractivity contribution in [2.75, 3.05) is 0 Å². The molecule has 2 amide bonds. The largest absolute Gasteiger partial charge is 0.486 e. The fourth-order valence-corrected chi connectivity index (χ4v) is 6.20. The van der Waals surface area contributed by atoms with Crippen molar-refractivity contribution in [2.24, 2.45) is 11.5 Å². The van der Waals surface area contributed by atoms with Gasteiger partial charge in [-0.2, -0.15) is 0 Å². The summed E-state index contributed by atoms with van der Waals surface area (Å²) in [6, 6.07) is 25.0. The second-order valence-corrected chi connectivity index (χ2v) is 16.4. The maximum atomic E-state index is 11.3. The molecule has 7 aromatic rings. The van der Waals surface area contributed by atoms with Gasteiger partial charge < -0.3 is 20.8 Å². The normalized spacial score (nSPS) is 13.3. The van der Waals surface area contributed by atoms with Gasteiger partial charge in [-0.3, -0.25) is 28.4 Å². The molecule has 1 saturated heterocycles. The van der Waals surface area contributed by atoms with Crippen molar-refractivity contribution in [3.63, 3.8) is 0 Å². The molecule has 1 aliphatic heterocycles. The smallest absolute Gasteiger partial charge is 0.400 e. The molecule has 1 aliphatic rings. The van der Waals surface area contributed by atoms with Gasteiger partial charge in [0, 0.05) is 33.9 Å². The van der Waals surface area contributed by atoms with Crippen molar-refractivity contribution >= 4 is 80.3 Å². The Morgan fingerprint density at radius 3 is 1.58 bits per heavy atom. The Morgan fingerprint density at radius 1 is 0.661 bits per heavy atom. The number of aromatic nitrogens is 7. The Labute approximate surface area is 379 Å². The zero-order valence-corrected chi connectivity index (χ0v) is 39.0. The number of nitrogens with two attached hydrogens (primary N) is 2. The Kier molecular flexibility index (Phi) is 17.4. The molecule has 1 fully saturated rings. The molecule has 0 aromatic carbocycles. The zero-order chi connectivity index (χ0) is 45.6. The lowest BCUT2D eigenvalue weighted by Gasteiger charge is -2.32. The van der Waals surface area contributed by atoms with Gasteiger partial charge in [0.15, 0.2) is 0 Å². The van der Waals surface area contributed by atoms with Gasteiger partial charge in [-0.25, -0.2) is 15.0 Å². The van der Waals surface area contributed by atoms with Crippen LogP contribution in [0.15, 0.2) is 132 Å². The van der Waals surface area contributed by atoms with Gasteiger partial charge in [0.25, 0.3) is 11.8 Å². The van der Waals surface area contributed by atoms with E-state index in [4.69, 9.17) is 20.8 Å². The van der Waals surface area contributed by atoms with E-state index in [0.29, 0.717) is 22.7 Å². The predicted octanol–water partition coefficient (Wildman–Crippen LogP) is 9.49. The van der Waals surface area contributed by atoms with E-state index in [2.05, 4.69) is 69.9 Å². The van der Waals surface area contributed by atoms with Crippen molar-refractivity contribution in [1.82, 2.24) is 33.7 Å². The Morgan fingerprint density at radius 2 is 1.15 bits per heavy atom. The topological polar surface area (TPSA) is 178 Å². The number of hydrogen-bond donors (Lipinski definition) is 2. The van der Waals surface area contributed by atoms with Crippen molar-refractivity contribution in [3.05, 3.63) is 177 Å². The van der Waals surface area contributed by atoms with Crippen LogP contribution < -0.4 is 11.5 Å². The van der Waals surface area contributed by atoms with Crippen LogP contribution in [0.4, 0.5) is 0 Å². The summed E-state index contributed by atoms with van der Waals surface area (Å²) in [5.41, 5.74) is 18.0. The third-order valence-electron chi connectivity index (χ3n) is 9.30. The molecule has 62 heavy (non-hydrogen) atoms. The number of pyridine rings is 5. The van der Waals surface area contributed by atoms with Gasteiger partial charge in [0.1, 0.15) is 27.3 Å². The van der Waals surface area contributed by atoms with Crippen LogP contribution in [-0.2, 0) is 9.31 Å². The van der Waals surface area contributed by atoms with Crippen molar-refractivity contribution in [3.8, 4) is 0 Å². The van der Waals surface area contributed by atoms with E-state index in [-0.39, 0.29) is 18.3 Å². The average molecular weight is 964 g/mol. The lowest BCUT2D eigenvalue weighted by atomic mass is 9.90. The SMILES string of the molecule is C=CB1OC(C)(C)C(C)(C)O1.C=Cc1cccc(C)n1.Cc1cccc(/C=C/c2ccc3ncc(C(N)=O)n3c2)n1.Cc1cccc(Br)n1.NC(=O)c1cnc2ccc(Br)cn12. The highest BCUT2D eigenvalue weighted by Gasteiger charge is 2.49. The number of rotatable bonds is 6. The molecule has 0 atom stereocenters. The van der Waals surface area contributed by atoms with Crippen LogP contribution in [0, 0.1) is 20.8 Å². The van der Waals surface area contributed by atoms with Crippen LogP contribution in [0.3, 0.4) is 0 Å². The summed E-state index contributed by atoms with van der Waals surface area (Å²) in [6.07, 6.45) is 12.1. The molecule has 0 saturated carbocycles. The molecule has 0 aliphatic carbocycles. The summed E-state index contributed by atoms with van der Waals surface area (Å²) in [7, 11) is -0.250. The first-order chi connectivity index (χ1) is 29.3. The molecule has 13 nitrogen and oxygen atoms in total. The van der Waals surface area contributed by atoms with Gasteiger partial charge in [-0.15, -0.1) is 6.58 Å². The van der Waals surface area contributed by atoms with Crippen LogP contribution in [0.5, 0.6) is 0 Å². The highest BCUT2D eigenvalue weighted by atomic mass is 79.9. The summed E-state index contributed by atoms with van der Waals surface area (Å²) >= 11 is 6.55. The van der Waals surface area contributed by atoms with Crippen LogP contribution in [-0.4, -0.2) is 63.9 Å². The molecule has 7 aromatic heterocycles. The number of nitrogens with zero attached hydrogens (tertiary/aromatic N) is 7. The number of hydrogen-bond acceptors (Lipinski definition) is 9. The van der Waals surface area contributed by atoms with Gasteiger partial charge in [0.05, 0.1) is 35.0 Å². The molecule has 4 N–H and O–H groups in total. The number of imidazole rings is 2. The highest BCUT2D eigenvalue weighted by Crippen LogP contribution is 2.36. The number of carbonyl (C=O) groups excluding carboxylic acids is 2. The average Bonchev–Trinajstić information content (AvgIpc) is 3.90. The van der Waals surface area contributed by atoms with Crippen molar-refractivity contribution in [1.29, 1.82) is 0 Å². The minimum absolute atomic E-state index is 0.230. The molecule has 0 bridgehead atoms. The third-order valence-corrected chi connectivity index (χ3v) is 10.2. The number of amides is 2. The van der Waals surface area contributed by atoms with Crippen LogP contribution in [0.2, 0.25) is 0 Å². The van der Waals surface area contributed by atoms with Gasteiger partial charge in [-0.1, -0.05) is 36.8 Å². The Bertz CT molecular complexity index is 2660. The molecule has 16 heteroatoms. The van der Waals surface area contributed by atoms with E-state index in [1.54, 1.807) is 33.1 Å². The summed E-state index contributed by atoms with van der Waals surface area (Å²) < 4.78 is 16.3. The minimum Gasteiger partial charge on any atom is -0.400 e. The second kappa shape index (κ2) is 22.2. The van der Waals surface area contributed by atoms with Crippen LogP contribution >= 0.6 is 31.9 Å². The monoisotopic (exact) mass is 961 g/mol. The number of primary amides is 2. The van der Waals surface area contributed by atoms with E-state index in [0.717, 1.165) is 43.1 Å². The molecule has 0 radical (unpaired) electrons. The fraction of sp³-hybridized carbons (Fsp3) is 0.196. The Hall–Kier alpha value is -6.07. The first-order valence-corrected chi connectivity index (χ1v) is 20.9. The van der Waals surface area contributed by atoms with Crippen molar-refractivity contribution < 1.29 is 18.9 Å². The van der Waals surface area contributed by atoms with E-state index in [1.807, 2.05) is 140 Å². The first-order valence-electron chi connectivity index (χ1n) is 19.3. The van der Waals surface area contributed by atoms with Gasteiger partial charge in [0.2, 0.25) is 0 Å². The highest BCUT2D eigenvalue weighted by molar-refractivity contribution is 9.10. The number of halogens is 2. The lowest BCUT2D eigenvalue weighted by Crippen LogP contribution is -2.41. The van der Waals surface area contributed by atoms with E-state index < -0.39 is 11.8 Å². The molecular formula is C46H50BBr2N9O4. The molecule has 0 unspecified atom stereocenters. The quantitative estimate of drug-likeness (QED) is 0.121. The van der Waals surface area contributed by atoms with Crippen LogP contribution in [0.1, 0.15) is 82.7 Å². The van der Waals surface area contributed by atoms with Gasteiger partial charge in [-0.05, 0) is 159 Å². The maximum Gasteiger partial charge on any atom is 0.486 e. The molecule has 0 spiro atoms.